The summed E-state index contributed by atoms with van der Waals surface area (Å²) in [7, 11) is 0. The van der Waals surface area contributed by atoms with Gasteiger partial charge in [-0.05, 0) is 12.5 Å². The summed E-state index contributed by atoms with van der Waals surface area (Å²) in [5.41, 5.74) is 3.38. The van der Waals surface area contributed by atoms with E-state index in [1.54, 1.807) is 0 Å². The summed E-state index contributed by atoms with van der Waals surface area (Å²) in [6.45, 7) is 2.05. The number of hydrogen-bond donors (Lipinski definition) is 1. The average Bonchev–Trinajstić information content (AvgIpc) is 2.53. The van der Waals surface area contributed by atoms with Crippen molar-refractivity contribution < 1.29 is 0 Å². The molecule has 12 heavy (non-hydrogen) atoms. The second-order valence-corrected chi connectivity index (χ2v) is 2.78. The van der Waals surface area contributed by atoms with Crippen molar-refractivity contribution in [1.82, 2.24) is 10.2 Å². The smallest absolute Gasteiger partial charge is 0.0949 e. The third kappa shape index (κ3) is 1.11. The van der Waals surface area contributed by atoms with E-state index in [0.717, 1.165) is 11.3 Å². The Labute approximate surface area is 71.3 Å². The van der Waals surface area contributed by atoms with Crippen molar-refractivity contribution in [3.8, 4) is 11.3 Å². The van der Waals surface area contributed by atoms with Gasteiger partial charge in [-0.2, -0.15) is 5.10 Å². The molecule has 0 saturated heterocycles. The topological polar surface area (TPSA) is 28.7 Å². The molecule has 2 heteroatoms. The molecule has 2 rings (SSSR count). The van der Waals surface area contributed by atoms with Gasteiger partial charge in [0.2, 0.25) is 0 Å². The first-order valence-electron chi connectivity index (χ1n) is 3.94. The second-order valence-electron chi connectivity index (χ2n) is 2.78. The highest BCUT2D eigenvalue weighted by atomic mass is 15.1. The molecule has 0 bridgehead atoms. The number of aryl methyl sites for hydroxylation is 1. The first kappa shape index (κ1) is 7.10. The Morgan fingerprint density at radius 3 is 2.50 bits per heavy atom. The summed E-state index contributed by atoms with van der Waals surface area (Å²) in [4.78, 5) is 0. The molecule has 1 N–H and O–H groups in total. The summed E-state index contributed by atoms with van der Waals surface area (Å²) in [5.74, 6) is 0. The molecule has 1 aromatic heterocycles. The van der Waals surface area contributed by atoms with Gasteiger partial charge in [0.25, 0.3) is 0 Å². The Bertz CT molecular complexity index is 362. The number of benzene rings is 1. The third-order valence-corrected chi connectivity index (χ3v) is 1.88. The zero-order chi connectivity index (χ0) is 8.39. The van der Waals surface area contributed by atoms with Gasteiger partial charge in [-0.1, -0.05) is 30.3 Å². The SMILES string of the molecule is Cc1c[nH]nc1-c1ccccc1. The van der Waals surface area contributed by atoms with Gasteiger partial charge in [-0.15, -0.1) is 0 Å². The van der Waals surface area contributed by atoms with E-state index in [2.05, 4.69) is 22.3 Å². The maximum absolute atomic E-state index is 4.16. The number of aromatic nitrogens is 2. The fraction of sp³-hybridized carbons (Fsp3) is 0.100. The predicted molar refractivity (Wildman–Crippen MR) is 48.8 cm³/mol. The number of aromatic amines is 1. The Balaban J connectivity index is 2.51. The molecule has 2 nitrogen and oxygen atoms in total. The molecule has 60 valence electrons. The zero-order valence-electron chi connectivity index (χ0n) is 6.91. The first-order valence-corrected chi connectivity index (χ1v) is 3.94. The minimum absolute atomic E-state index is 1.04. The molecule has 1 aromatic carbocycles. The molecular weight excluding hydrogens is 148 g/mol. The van der Waals surface area contributed by atoms with Crippen molar-refractivity contribution >= 4 is 0 Å². The summed E-state index contributed by atoms with van der Waals surface area (Å²) >= 11 is 0. The summed E-state index contributed by atoms with van der Waals surface area (Å²) in [6.07, 6.45) is 1.91. The average molecular weight is 158 g/mol. The molecule has 0 aliphatic rings. The molecule has 0 fully saturated rings. The molecule has 0 unspecified atom stereocenters. The highest BCUT2D eigenvalue weighted by Crippen LogP contribution is 2.18. The largest absolute Gasteiger partial charge is 0.285 e. The standard InChI is InChI=1S/C10H10N2/c1-8-7-11-12-10(8)9-5-3-2-4-6-9/h2-7H,1H3,(H,11,12). The van der Waals surface area contributed by atoms with E-state index in [-0.39, 0.29) is 0 Å². The number of H-pyrrole nitrogens is 1. The van der Waals surface area contributed by atoms with E-state index in [1.165, 1.54) is 5.56 Å². The van der Waals surface area contributed by atoms with Crippen LogP contribution in [0.5, 0.6) is 0 Å². The van der Waals surface area contributed by atoms with Crippen LogP contribution in [0.25, 0.3) is 11.3 Å². The Hall–Kier alpha value is -1.57. The van der Waals surface area contributed by atoms with Gasteiger partial charge >= 0.3 is 0 Å². The van der Waals surface area contributed by atoms with E-state index in [9.17, 15) is 0 Å². The van der Waals surface area contributed by atoms with Crippen molar-refractivity contribution in [3.05, 3.63) is 42.1 Å². The minimum Gasteiger partial charge on any atom is -0.285 e. The van der Waals surface area contributed by atoms with Gasteiger partial charge in [0, 0.05) is 11.8 Å². The van der Waals surface area contributed by atoms with Crippen LogP contribution >= 0.6 is 0 Å². The molecule has 0 spiro atoms. The van der Waals surface area contributed by atoms with Crippen LogP contribution in [0.2, 0.25) is 0 Å². The lowest BCUT2D eigenvalue weighted by Gasteiger charge is -1.95. The van der Waals surface area contributed by atoms with Crippen LogP contribution in [0.15, 0.2) is 36.5 Å². The van der Waals surface area contributed by atoms with Crippen LogP contribution in [0, 0.1) is 6.92 Å². The quantitative estimate of drug-likeness (QED) is 0.678. The number of nitrogens with zero attached hydrogens (tertiary/aromatic N) is 1. The monoisotopic (exact) mass is 158 g/mol. The maximum atomic E-state index is 4.16. The number of hydrogen-bond acceptors (Lipinski definition) is 1. The molecule has 0 saturated carbocycles. The van der Waals surface area contributed by atoms with E-state index in [1.807, 2.05) is 31.3 Å². The van der Waals surface area contributed by atoms with E-state index in [0.29, 0.717) is 0 Å². The summed E-state index contributed by atoms with van der Waals surface area (Å²) < 4.78 is 0. The van der Waals surface area contributed by atoms with Crippen molar-refractivity contribution in [1.29, 1.82) is 0 Å². The highest BCUT2D eigenvalue weighted by molar-refractivity contribution is 5.61. The summed E-state index contributed by atoms with van der Waals surface area (Å²) in [6, 6.07) is 10.2. The van der Waals surface area contributed by atoms with Crippen LogP contribution in [-0.4, -0.2) is 10.2 Å². The Kier molecular flexibility index (Phi) is 1.67. The van der Waals surface area contributed by atoms with Crippen molar-refractivity contribution in [2.24, 2.45) is 0 Å². The Morgan fingerprint density at radius 2 is 1.92 bits per heavy atom. The number of nitrogens with one attached hydrogen (secondary N) is 1. The molecule has 0 atom stereocenters. The second kappa shape index (κ2) is 2.81. The fourth-order valence-electron chi connectivity index (χ4n) is 1.24. The Morgan fingerprint density at radius 1 is 1.17 bits per heavy atom. The van der Waals surface area contributed by atoms with E-state index < -0.39 is 0 Å². The van der Waals surface area contributed by atoms with E-state index in [4.69, 9.17) is 0 Å². The highest BCUT2D eigenvalue weighted by Gasteiger charge is 2.01. The normalized spacial score (nSPS) is 10.1. The predicted octanol–water partition coefficient (Wildman–Crippen LogP) is 2.39. The zero-order valence-corrected chi connectivity index (χ0v) is 6.91. The molecule has 0 aliphatic heterocycles. The molecular formula is C10H10N2. The fourth-order valence-corrected chi connectivity index (χ4v) is 1.24. The van der Waals surface area contributed by atoms with Crippen LogP contribution in [0.4, 0.5) is 0 Å². The van der Waals surface area contributed by atoms with Gasteiger partial charge in [-0.3, -0.25) is 5.10 Å². The van der Waals surface area contributed by atoms with Crippen LogP contribution in [0.1, 0.15) is 5.56 Å². The molecule has 0 radical (unpaired) electrons. The van der Waals surface area contributed by atoms with Gasteiger partial charge in [0.05, 0.1) is 5.69 Å². The van der Waals surface area contributed by atoms with Crippen LogP contribution in [0.3, 0.4) is 0 Å². The lowest BCUT2D eigenvalue weighted by Crippen LogP contribution is -1.78. The van der Waals surface area contributed by atoms with Crippen molar-refractivity contribution in [2.45, 2.75) is 6.92 Å². The van der Waals surface area contributed by atoms with Gasteiger partial charge in [0.15, 0.2) is 0 Å². The van der Waals surface area contributed by atoms with Crippen molar-refractivity contribution in [2.75, 3.05) is 0 Å². The third-order valence-electron chi connectivity index (χ3n) is 1.88. The molecule has 0 amide bonds. The van der Waals surface area contributed by atoms with Gasteiger partial charge in [0.1, 0.15) is 0 Å². The van der Waals surface area contributed by atoms with Gasteiger partial charge in [-0.25, -0.2) is 0 Å². The molecule has 2 aromatic rings. The van der Waals surface area contributed by atoms with E-state index >= 15 is 0 Å². The van der Waals surface area contributed by atoms with Gasteiger partial charge < -0.3 is 0 Å². The molecule has 1 heterocycles. The summed E-state index contributed by atoms with van der Waals surface area (Å²) in [5, 5.41) is 7.01. The lowest BCUT2D eigenvalue weighted by molar-refractivity contribution is 1.10. The molecule has 0 aliphatic carbocycles. The van der Waals surface area contributed by atoms with Crippen LogP contribution in [-0.2, 0) is 0 Å². The maximum Gasteiger partial charge on any atom is 0.0949 e. The number of rotatable bonds is 1. The lowest BCUT2D eigenvalue weighted by atomic mass is 10.1. The van der Waals surface area contributed by atoms with Crippen molar-refractivity contribution in [3.63, 3.8) is 0 Å². The minimum atomic E-state index is 1.04. The van der Waals surface area contributed by atoms with Crippen LogP contribution < -0.4 is 0 Å². The first-order chi connectivity index (χ1) is 5.88.